The van der Waals surface area contributed by atoms with E-state index in [1.807, 2.05) is 0 Å². The molecule has 0 aliphatic rings. The number of allylic oxidation sites excluding steroid dienone is 6. The fourth-order valence-electron chi connectivity index (χ4n) is 5.85. The molecule has 0 spiro atoms. The highest BCUT2D eigenvalue weighted by atomic mass is 31.2. The Labute approximate surface area is 340 Å². The predicted molar refractivity (Wildman–Crippen MR) is 226 cm³/mol. The summed E-state index contributed by atoms with van der Waals surface area (Å²) in [6.07, 6.45) is 42.0. The topological polar surface area (TPSA) is 172 Å². The van der Waals surface area contributed by atoms with E-state index in [2.05, 4.69) is 54.8 Å². The van der Waals surface area contributed by atoms with Gasteiger partial charge in [0.2, 0.25) is 0 Å². The first-order valence-corrected chi connectivity index (χ1v) is 23.5. The highest BCUT2D eigenvalue weighted by molar-refractivity contribution is 7.47. The largest absolute Gasteiger partial charge is 0.480 e. The van der Waals surface area contributed by atoms with Gasteiger partial charge in [-0.2, -0.15) is 0 Å². The molecule has 0 aliphatic heterocycles. The third-order valence-electron chi connectivity index (χ3n) is 9.36. The lowest BCUT2D eigenvalue weighted by Crippen LogP contribution is -2.34. The number of carbonyl (C=O) groups is 3. The highest BCUT2D eigenvalue weighted by Gasteiger charge is 2.28. The lowest BCUT2D eigenvalue weighted by Gasteiger charge is -2.20. The number of phosphoric ester groups is 1. The van der Waals surface area contributed by atoms with Crippen LogP contribution in [0.25, 0.3) is 0 Å². The molecule has 0 aromatic rings. The lowest BCUT2D eigenvalue weighted by molar-refractivity contribution is -0.161. The molecule has 11 nitrogen and oxygen atoms in total. The molecule has 0 aromatic heterocycles. The van der Waals surface area contributed by atoms with E-state index in [1.54, 1.807) is 0 Å². The van der Waals surface area contributed by atoms with E-state index in [-0.39, 0.29) is 19.4 Å². The van der Waals surface area contributed by atoms with E-state index < -0.39 is 51.1 Å². The van der Waals surface area contributed by atoms with Crippen molar-refractivity contribution in [1.82, 2.24) is 0 Å². The van der Waals surface area contributed by atoms with E-state index in [0.717, 1.165) is 70.6 Å². The molecule has 0 aromatic carbocycles. The van der Waals surface area contributed by atoms with E-state index >= 15 is 0 Å². The van der Waals surface area contributed by atoms with Gasteiger partial charge in [-0.1, -0.05) is 147 Å². The van der Waals surface area contributed by atoms with E-state index in [1.165, 1.54) is 83.5 Å². The first-order valence-electron chi connectivity index (χ1n) is 22.0. The van der Waals surface area contributed by atoms with Crippen molar-refractivity contribution in [2.24, 2.45) is 5.73 Å². The number of ether oxygens (including phenoxy) is 2. The zero-order chi connectivity index (χ0) is 41.4. The molecule has 0 aliphatic carbocycles. The van der Waals surface area contributed by atoms with Gasteiger partial charge in [0.1, 0.15) is 12.6 Å². The molecule has 12 heteroatoms. The van der Waals surface area contributed by atoms with E-state index in [9.17, 15) is 23.8 Å². The van der Waals surface area contributed by atoms with Crippen molar-refractivity contribution in [1.29, 1.82) is 0 Å². The number of unbranched alkanes of at least 4 members (excludes halogenated alkanes) is 21. The van der Waals surface area contributed by atoms with Crippen molar-refractivity contribution >= 4 is 25.7 Å². The molecule has 0 fully saturated rings. The molecule has 3 atom stereocenters. The van der Waals surface area contributed by atoms with Crippen LogP contribution in [0.3, 0.4) is 0 Å². The SMILES string of the molecule is CCCCC/C=C\C/C=C\CCCCCCCCCCCC(=O)O[C@H](COC(=O)CCCCCCC/C=C\CCCCCC)COP(=O)(O)OC[C@H](N)C(=O)O. The Hall–Kier alpha value is -2.30. The number of rotatable bonds is 41. The number of hydrogen-bond donors (Lipinski definition) is 3. The molecule has 56 heavy (non-hydrogen) atoms. The number of carbonyl (C=O) groups excluding carboxylic acids is 2. The van der Waals surface area contributed by atoms with Gasteiger partial charge in [0.15, 0.2) is 6.10 Å². The minimum Gasteiger partial charge on any atom is -0.480 e. The van der Waals surface area contributed by atoms with Gasteiger partial charge in [-0.25, -0.2) is 4.57 Å². The van der Waals surface area contributed by atoms with Crippen LogP contribution in [0.2, 0.25) is 0 Å². The number of hydrogen-bond acceptors (Lipinski definition) is 9. The second-order valence-corrected chi connectivity index (χ2v) is 16.3. The number of aliphatic carboxylic acids is 1. The van der Waals surface area contributed by atoms with Crippen LogP contribution < -0.4 is 5.73 Å². The summed E-state index contributed by atoms with van der Waals surface area (Å²) in [5, 5.41) is 8.89. The van der Waals surface area contributed by atoms with Crippen LogP contribution in [0.5, 0.6) is 0 Å². The van der Waals surface area contributed by atoms with Gasteiger partial charge in [0.25, 0.3) is 0 Å². The summed E-state index contributed by atoms with van der Waals surface area (Å²) < 4.78 is 32.7. The van der Waals surface area contributed by atoms with Crippen LogP contribution in [0.1, 0.15) is 194 Å². The standard InChI is InChI=1S/C44H80NO10P/c1-3-5-7-9-11-13-15-17-18-19-20-21-22-24-26-28-30-32-34-36-43(47)55-40(38-53-56(50,51)54-39-41(45)44(48)49)37-52-42(46)35-33-31-29-27-25-23-16-14-12-10-8-6-4-2/h11,13-14,16-18,40-41H,3-10,12,15,19-39,45H2,1-2H3,(H,48,49)(H,50,51)/b13-11-,16-14-,18-17-/t40-,41+/m1/s1. The maximum Gasteiger partial charge on any atom is 0.472 e. The molecule has 0 radical (unpaired) electrons. The summed E-state index contributed by atoms with van der Waals surface area (Å²) in [4.78, 5) is 45.9. The summed E-state index contributed by atoms with van der Waals surface area (Å²) in [5.74, 6) is -2.39. The minimum atomic E-state index is -4.72. The van der Waals surface area contributed by atoms with Gasteiger partial charge >= 0.3 is 25.7 Å². The smallest absolute Gasteiger partial charge is 0.472 e. The van der Waals surface area contributed by atoms with Crippen LogP contribution in [-0.4, -0.2) is 59.9 Å². The van der Waals surface area contributed by atoms with Gasteiger partial charge in [0, 0.05) is 12.8 Å². The fourth-order valence-corrected chi connectivity index (χ4v) is 6.63. The summed E-state index contributed by atoms with van der Waals surface area (Å²) in [5.41, 5.74) is 5.33. The van der Waals surface area contributed by atoms with Crippen molar-refractivity contribution in [3.63, 3.8) is 0 Å². The summed E-state index contributed by atoms with van der Waals surface area (Å²) in [6, 6.07) is -1.52. The van der Waals surface area contributed by atoms with E-state index in [4.69, 9.17) is 24.8 Å². The zero-order valence-corrected chi connectivity index (χ0v) is 36.1. The van der Waals surface area contributed by atoms with Crippen LogP contribution in [-0.2, 0) is 37.5 Å². The van der Waals surface area contributed by atoms with Gasteiger partial charge in [-0.3, -0.25) is 23.4 Å². The van der Waals surface area contributed by atoms with Crippen molar-refractivity contribution in [2.45, 2.75) is 206 Å². The Morgan fingerprint density at radius 1 is 0.554 bits per heavy atom. The van der Waals surface area contributed by atoms with Crippen LogP contribution in [0.15, 0.2) is 36.5 Å². The molecular formula is C44H80NO10P. The molecule has 326 valence electrons. The van der Waals surface area contributed by atoms with Crippen molar-refractivity contribution in [2.75, 3.05) is 19.8 Å². The van der Waals surface area contributed by atoms with Crippen molar-refractivity contribution < 1.29 is 47.5 Å². The van der Waals surface area contributed by atoms with Crippen LogP contribution in [0.4, 0.5) is 0 Å². The molecule has 0 saturated heterocycles. The Balaban J connectivity index is 4.35. The van der Waals surface area contributed by atoms with Crippen molar-refractivity contribution in [3.05, 3.63) is 36.5 Å². The molecule has 4 N–H and O–H groups in total. The van der Waals surface area contributed by atoms with E-state index in [0.29, 0.717) is 12.8 Å². The molecule has 1 unspecified atom stereocenters. The quantitative estimate of drug-likeness (QED) is 0.0232. The number of nitrogens with two attached hydrogens (primary N) is 1. The molecule has 0 rings (SSSR count). The van der Waals surface area contributed by atoms with Gasteiger partial charge in [-0.05, 0) is 70.6 Å². The molecule has 0 amide bonds. The fraction of sp³-hybridized carbons (Fsp3) is 0.795. The van der Waals surface area contributed by atoms with Gasteiger partial charge < -0.3 is 25.2 Å². The highest BCUT2D eigenvalue weighted by Crippen LogP contribution is 2.43. The third-order valence-corrected chi connectivity index (χ3v) is 10.3. The number of carboxylic acids is 1. The summed E-state index contributed by atoms with van der Waals surface area (Å²) in [7, 11) is -4.72. The Kier molecular flexibility index (Phi) is 37.9. The summed E-state index contributed by atoms with van der Waals surface area (Å²) >= 11 is 0. The first-order chi connectivity index (χ1) is 27.1. The molecule has 0 heterocycles. The normalized spacial score (nSPS) is 14.1. The number of carboxylic acid groups (broad SMARTS) is 1. The van der Waals surface area contributed by atoms with Gasteiger partial charge in [0.05, 0.1) is 13.2 Å². The van der Waals surface area contributed by atoms with Crippen LogP contribution >= 0.6 is 7.82 Å². The summed E-state index contributed by atoms with van der Waals surface area (Å²) in [6.45, 7) is 2.75. The zero-order valence-electron chi connectivity index (χ0n) is 35.2. The molecule has 0 bridgehead atoms. The lowest BCUT2D eigenvalue weighted by atomic mass is 10.1. The van der Waals surface area contributed by atoms with Gasteiger partial charge in [-0.15, -0.1) is 0 Å². The second-order valence-electron chi connectivity index (χ2n) is 14.8. The van der Waals surface area contributed by atoms with Crippen LogP contribution in [0, 0.1) is 0 Å². The average Bonchev–Trinajstić information content (AvgIpc) is 3.17. The first kappa shape index (κ1) is 53.7. The Bertz CT molecular complexity index is 1100. The number of esters is 2. The maximum atomic E-state index is 12.6. The molecular weight excluding hydrogens is 733 g/mol. The third kappa shape index (κ3) is 38.6. The minimum absolute atomic E-state index is 0.155. The predicted octanol–water partition coefficient (Wildman–Crippen LogP) is 11.6. The Morgan fingerprint density at radius 2 is 0.946 bits per heavy atom. The number of phosphoric acid groups is 1. The maximum absolute atomic E-state index is 12.6. The van der Waals surface area contributed by atoms with Crippen molar-refractivity contribution in [3.8, 4) is 0 Å². The monoisotopic (exact) mass is 814 g/mol. The molecule has 0 saturated carbocycles. The Morgan fingerprint density at radius 3 is 1.45 bits per heavy atom. The second kappa shape index (κ2) is 39.5. The average molecular weight is 814 g/mol.